The van der Waals surface area contributed by atoms with Gasteiger partial charge in [0.25, 0.3) is 0 Å². The highest BCUT2D eigenvalue weighted by Gasteiger charge is 2.23. The van der Waals surface area contributed by atoms with Crippen LogP contribution in [-0.4, -0.2) is 46.5 Å². The Kier molecular flexibility index (Phi) is 4.33. The Balaban J connectivity index is 1.76. The minimum Gasteiger partial charge on any atom is -0.360 e. The maximum Gasteiger partial charge on any atom is 0.241 e. The number of benzene rings is 1. The van der Waals surface area contributed by atoms with E-state index in [0.717, 1.165) is 11.8 Å². The van der Waals surface area contributed by atoms with E-state index < -0.39 is 0 Å². The third-order valence-corrected chi connectivity index (χ3v) is 4.38. The van der Waals surface area contributed by atoms with Crippen LogP contribution in [0.4, 0.5) is 5.82 Å². The first-order valence-electron chi connectivity index (χ1n) is 6.91. The summed E-state index contributed by atoms with van der Waals surface area (Å²) in [5.74, 6) is 0.556. The molecule has 1 aromatic heterocycles. The van der Waals surface area contributed by atoms with Gasteiger partial charge in [-0.25, -0.2) is 9.97 Å². The van der Waals surface area contributed by atoms with Gasteiger partial charge in [0, 0.05) is 24.5 Å². The van der Waals surface area contributed by atoms with E-state index in [9.17, 15) is 4.79 Å². The van der Waals surface area contributed by atoms with Crippen LogP contribution >= 0.6 is 23.2 Å². The average Bonchev–Trinajstić information content (AvgIpc) is 2.93. The van der Waals surface area contributed by atoms with Crippen LogP contribution in [-0.2, 0) is 4.79 Å². The quantitative estimate of drug-likeness (QED) is 0.892. The number of nitrogens with two attached hydrogens (primary N) is 1. The SMILES string of the molecule is NC1CCN(C(=O)CNc2ncnc3cc(Cl)c(Cl)cc23)C1. The molecule has 8 heteroatoms. The molecule has 6 nitrogen and oxygen atoms in total. The number of carbonyl (C=O) groups is 1. The Labute approximate surface area is 137 Å². The molecule has 1 saturated heterocycles. The van der Waals surface area contributed by atoms with Crippen molar-refractivity contribution in [3.63, 3.8) is 0 Å². The molecular formula is C14H15Cl2N5O. The van der Waals surface area contributed by atoms with Crippen LogP contribution in [0.5, 0.6) is 0 Å². The highest BCUT2D eigenvalue weighted by molar-refractivity contribution is 6.42. The lowest BCUT2D eigenvalue weighted by molar-refractivity contribution is -0.128. The zero-order valence-electron chi connectivity index (χ0n) is 11.7. The molecule has 1 aliphatic heterocycles. The molecule has 1 unspecified atom stereocenters. The number of likely N-dealkylation sites (tertiary alicyclic amines) is 1. The van der Waals surface area contributed by atoms with Gasteiger partial charge < -0.3 is 16.0 Å². The number of aromatic nitrogens is 2. The molecule has 3 N–H and O–H groups in total. The lowest BCUT2D eigenvalue weighted by Gasteiger charge is -2.16. The monoisotopic (exact) mass is 339 g/mol. The predicted molar refractivity (Wildman–Crippen MR) is 87.2 cm³/mol. The Morgan fingerprint density at radius 2 is 2.14 bits per heavy atom. The normalized spacial score (nSPS) is 18.0. The van der Waals surface area contributed by atoms with Gasteiger partial charge in [-0.05, 0) is 18.6 Å². The van der Waals surface area contributed by atoms with Crippen LogP contribution < -0.4 is 11.1 Å². The van der Waals surface area contributed by atoms with Crippen molar-refractivity contribution >= 4 is 45.8 Å². The lowest BCUT2D eigenvalue weighted by Crippen LogP contribution is -2.35. The first kappa shape index (κ1) is 15.3. The summed E-state index contributed by atoms with van der Waals surface area (Å²) in [4.78, 5) is 22.2. The standard InChI is InChI=1S/C14H15Cl2N5O/c15-10-3-9-12(4-11(10)16)19-7-20-14(9)18-5-13(22)21-2-1-8(17)6-21/h3-4,7-8H,1-2,5-6,17H2,(H,18,19,20). The van der Waals surface area contributed by atoms with Gasteiger partial charge in [0.2, 0.25) is 5.91 Å². The van der Waals surface area contributed by atoms with Crippen molar-refractivity contribution in [2.24, 2.45) is 5.73 Å². The summed E-state index contributed by atoms with van der Waals surface area (Å²) < 4.78 is 0. The van der Waals surface area contributed by atoms with Gasteiger partial charge in [0.1, 0.15) is 12.1 Å². The summed E-state index contributed by atoms with van der Waals surface area (Å²) in [5, 5.41) is 4.62. The van der Waals surface area contributed by atoms with Crippen molar-refractivity contribution in [1.82, 2.24) is 14.9 Å². The van der Waals surface area contributed by atoms with Gasteiger partial charge in [-0.2, -0.15) is 0 Å². The summed E-state index contributed by atoms with van der Waals surface area (Å²) in [6, 6.07) is 3.44. The number of nitrogens with zero attached hydrogens (tertiary/aromatic N) is 3. The Bertz CT molecular complexity index is 724. The summed E-state index contributed by atoms with van der Waals surface area (Å²) in [6.45, 7) is 1.46. The minimum atomic E-state index is -0.000210. The summed E-state index contributed by atoms with van der Waals surface area (Å²) in [5.41, 5.74) is 6.48. The molecule has 1 fully saturated rings. The number of carbonyl (C=O) groups excluding carboxylic acids is 1. The van der Waals surface area contributed by atoms with Crippen LogP contribution in [0.15, 0.2) is 18.5 Å². The molecule has 0 aliphatic carbocycles. The number of hydrogen-bond donors (Lipinski definition) is 2. The molecule has 2 aromatic rings. The number of nitrogens with one attached hydrogen (secondary N) is 1. The highest BCUT2D eigenvalue weighted by atomic mass is 35.5. The molecule has 0 radical (unpaired) electrons. The second-order valence-corrected chi connectivity index (χ2v) is 6.06. The fourth-order valence-corrected chi connectivity index (χ4v) is 2.80. The summed E-state index contributed by atoms with van der Waals surface area (Å²) in [7, 11) is 0. The predicted octanol–water partition coefficient (Wildman–Crippen LogP) is 1.91. The van der Waals surface area contributed by atoms with Gasteiger partial charge >= 0.3 is 0 Å². The second kappa shape index (κ2) is 6.24. The molecule has 2 heterocycles. The number of amides is 1. The van der Waals surface area contributed by atoms with Crippen LogP contribution in [0.2, 0.25) is 10.0 Å². The van der Waals surface area contributed by atoms with Crippen molar-refractivity contribution < 1.29 is 4.79 Å². The molecule has 3 rings (SSSR count). The number of fused-ring (bicyclic) bond motifs is 1. The van der Waals surface area contributed by atoms with Crippen LogP contribution in [0.25, 0.3) is 10.9 Å². The van der Waals surface area contributed by atoms with Gasteiger partial charge in [0.15, 0.2) is 0 Å². The van der Waals surface area contributed by atoms with Crippen molar-refractivity contribution in [1.29, 1.82) is 0 Å². The topological polar surface area (TPSA) is 84.1 Å². The third-order valence-electron chi connectivity index (χ3n) is 3.66. The van der Waals surface area contributed by atoms with Crippen molar-refractivity contribution in [3.05, 3.63) is 28.5 Å². The summed E-state index contributed by atoms with van der Waals surface area (Å²) in [6.07, 6.45) is 2.27. The van der Waals surface area contributed by atoms with E-state index in [1.54, 1.807) is 17.0 Å². The van der Waals surface area contributed by atoms with Gasteiger partial charge in [-0.1, -0.05) is 23.2 Å². The zero-order chi connectivity index (χ0) is 15.7. The fraction of sp³-hybridized carbons (Fsp3) is 0.357. The maximum atomic E-state index is 12.1. The van der Waals surface area contributed by atoms with Gasteiger partial charge in [0.05, 0.1) is 22.1 Å². The fourth-order valence-electron chi connectivity index (χ4n) is 2.48. The number of halogens is 2. The zero-order valence-corrected chi connectivity index (χ0v) is 13.2. The number of hydrogen-bond acceptors (Lipinski definition) is 5. The third kappa shape index (κ3) is 3.09. The van der Waals surface area contributed by atoms with Gasteiger partial charge in [-0.3, -0.25) is 4.79 Å². The van der Waals surface area contributed by atoms with Crippen molar-refractivity contribution in [2.75, 3.05) is 25.0 Å². The maximum absolute atomic E-state index is 12.1. The minimum absolute atomic E-state index is 0.000210. The molecular weight excluding hydrogens is 325 g/mol. The van der Waals surface area contributed by atoms with E-state index >= 15 is 0 Å². The first-order chi connectivity index (χ1) is 10.5. The number of anilines is 1. The average molecular weight is 340 g/mol. The molecule has 0 bridgehead atoms. The molecule has 22 heavy (non-hydrogen) atoms. The van der Waals surface area contributed by atoms with E-state index in [4.69, 9.17) is 28.9 Å². The van der Waals surface area contributed by atoms with E-state index in [0.29, 0.717) is 34.5 Å². The first-order valence-corrected chi connectivity index (χ1v) is 7.67. The molecule has 1 aliphatic rings. The second-order valence-electron chi connectivity index (χ2n) is 5.25. The van der Waals surface area contributed by atoms with Crippen LogP contribution in [0.1, 0.15) is 6.42 Å². The summed E-state index contributed by atoms with van der Waals surface area (Å²) >= 11 is 12.0. The number of rotatable bonds is 3. The lowest BCUT2D eigenvalue weighted by atomic mass is 10.2. The Morgan fingerprint density at radius 3 is 2.86 bits per heavy atom. The smallest absolute Gasteiger partial charge is 0.241 e. The largest absolute Gasteiger partial charge is 0.360 e. The van der Waals surface area contributed by atoms with Crippen LogP contribution in [0.3, 0.4) is 0 Å². The molecule has 1 aromatic carbocycles. The van der Waals surface area contributed by atoms with E-state index in [1.807, 2.05) is 0 Å². The molecule has 0 saturated carbocycles. The molecule has 1 amide bonds. The van der Waals surface area contributed by atoms with Crippen LogP contribution in [0, 0.1) is 0 Å². The van der Waals surface area contributed by atoms with Gasteiger partial charge in [-0.15, -0.1) is 0 Å². The Hall–Kier alpha value is -1.63. The van der Waals surface area contributed by atoms with E-state index in [1.165, 1.54) is 6.33 Å². The molecule has 1 atom stereocenters. The van der Waals surface area contributed by atoms with E-state index in [2.05, 4.69) is 15.3 Å². The highest BCUT2D eigenvalue weighted by Crippen LogP contribution is 2.29. The Morgan fingerprint density at radius 1 is 1.36 bits per heavy atom. The molecule has 116 valence electrons. The van der Waals surface area contributed by atoms with E-state index in [-0.39, 0.29) is 18.5 Å². The molecule has 0 spiro atoms. The van der Waals surface area contributed by atoms with Crippen molar-refractivity contribution in [3.8, 4) is 0 Å². The van der Waals surface area contributed by atoms with Crippen molar-refractivity contribution in [2.45, 2.75) is 12.5 Å².